The number of benzene rings is 2. The van der Waals surface area contributed by atoms with Gasteiger partial charge in [0.05, 0.1) is 11.6 Å². The summed E-state index contributed by atoms with van der Waals surface area (Å²) in [7, 11) is 0. The smallest absolute Gasteiger partial charge is 0.265 e. The van der Waals surface area contributed by atoms with Crippen LogP contribution in [0.4, 0.5) is 5.69 Å². The Morgan fingerprint density at radius 2 is 1.72 bits per heavy atom. The Hall–Kier alpha value is -2.80. The molecule has 2 aromatic rings. The molecule has 0 bridgehead atoms. The van der Waals surface area contributed by atoms with Crippen molar-refractivity contribution in [1.82, 2.24) is 0 Å². The van der Waals surface area contributed by atoms with E-state index >= 15 is 0 Å². The zero-order valence-electron chi connectivity index (χ0n) is 14.2. The Morgan fingerprint density at radius 3 is 2.36 bits per heavy atom. The van der Waals surface area contributed by atoms with E-state index in [1.807, 2.05) is 35.2 Å². The number of nitriles is 1. The highest BCUT2D eigenvalue weighted by Crippen LogP contribution is 2.27. The highest BCUT2D eigenvalue weighted by molar-refractivity contribution is 5.95. The van der Waals surface area contributed by atoms with Gasteiger partial charge in [0.1, 0.15) is 5.75 Å². The third-order valence-corrected chi connectivity index (χ3v) is 4.59. The van der Waals surface area contributed by atoms with Crippen LogP contribution >= 0.6 is 0 Å². The number of carbonyl (C=O) groups excluding carboxylic acids is 1. The Bertz CT molecular complexity index is 729. The molecule has 1 fully saturated rings. The molecule has 4 heteroatoms. The van der Waals surface area contributed by atoms with E-state index in [4.69, 9.17) is 10.00 Å². The number of amides is 1. The first-order chi connectivity index (χ1) is 12.3. The lowest BCUT2D eigenvalue weighted by molar-refractivity contribution is -0.121. The fourth-order valence-electron chi connectivity index (χ4n) is 3.33. The average molecular weight is 334 g/mol. The van der Waals surface area contributed by atoms with Gasteiger partial charge in [-0.1, -0.05) is 37.5 Å². The highest BCUT2D eigenvalue weighted by atomic mass is 16.5. The number of rotatable bonds is 5. The van der Waals surface area contributed by atoms with E-state index in [0.29, 0.717) is 11.3 Å². The van der Waals surface area contributed by atoms with Crippen molar-refractivity contribution < 1.29 is 9.53 Å². The second-order valence-electron chi connectivity index (χ2n) is 6.32. The number of anilines is 1. The van der Waals surface area contributed by atoms with Gasteiger partial charge in [-0.25, -0.2) is 0 Å². The zero-order chi connectivity index (χ0) is 17.5. The molecule has 25 heavy (non-hydrogen) atoms. The maximum atomic E-state index is 12.9. The lowest BCUT2D eigenvalue weighted by atomic mass is 9.93. The number of carbonyl (C=O) groups is 1. The van der Waals surface area contributed by atoms with Gasteiger partial charge in [0, 0.05) is 11.7 Å². The van der Waals surface area contributed by atoms with Crippen LogP contribution in [0.5, 0.6) is 5.75 Å². The van der Waals surface area contributed by atoms with Crippen molar-refractivity contribution in [3.8, 4) is 11.8 Å². The SMILES string of the molecule is N#Cc1ccc(OCC(=O)N(c2ccccc2)C2CCCCC2)cc1. The van der Waals surface area contributed by atoms with Gasteiger partial charge in [0.2, 0.25) is 0 Å². The molecule has 0 aliphatic heterocycles. The van der Waals surface area contributed by atoms with Crippen molar-refractivity contribution in [2.75, 3.05) is 11.5 Å². The van der Waals surface area contributed by atoms with Crippen molar-refractivity contribution in [2.45, 2.75) is 38.1 Å². The van der Waals surface area contributed by atoms with Crippen LogP contribution in [0.15, 0.2) is 54.6 Å². The fourth-order valence-corrected chi connectivity index (χ4v) is 3.33. The van der Waals surface area contributed by atoms with Crippen LogP contribution in [0.2, 0.25) is 0 Å². The summed E-state index contributed by atoms with van der Waals surface area (Å²) in [6.45, 7) is -0.00268. The molecule has 0 unspecified atom stereocenters. The van der Waals surface area contributed by atoms with Crippen LogP contribution in [0.3, 0.4) is 0 Å². The summed E-state index contributed by atoms with van der Waals surface area (Å²) >= 11 is 0. The lowest BCUT2D eigenvalue weighted by Crippen LogP contribution is -2.44. The van der Waals surface area contributed by atoms with Crippen LogP contribution in [0, 0.1) is 11.3 Å². The second-order valence-corrected chi connectivity index (χ2v) is 6.32. The van der Waals surface area contributed by atoms with Crippen molar-refractivity contribution >= 4 is 11.6 Å². The number of ether oxygens (including phenoxy) is 1. The summed E-state index contributed by atoms with van der Waals surface area (Å²) in [5.74, 6) is 0.575. The van der Waals surface area contributed by atoms with Crippen molar-refractivity contribution in [1.29, 1.82) is 5.26 Å². The largest absolute Gasteiger partial charge is 0.484 e. The number of para-hydroxylation sites is 1. The molecule has 1 aliphatic rings. The predicted molar refractivity (Wildman–Crippen MR) is 97.5 cm³/mol. The minimum Gasteiger partial charge on any atom is -0.484 e. The van der Waals surface area contributed by atoms with E-state index in [1.54, 1.807) is 24.3 Å². The summed E-state index contributed by atoms with van der Waals surface area (Å²) < 4.78 is 5.66. The topological polar surface area (TPSA) is 53.3 Å². The van der Waals surface area contributed by atoms with Crippen molar-refractivity contribution in [2.24, 2.45) is 0 Å². The third kappa shape index (κ3) is 4.39. The summed E-state index contributed by atoms with van der Waals surface area (Å²) in [6, 6.07) is 19.0. The second kappa shape index (κ2) is 8.34. The average Bonchev–Trinajstić information content (AvgIpc) is 2.69. The number of hydrogen-bond acceptors (Lipinski definition) is 3. The first kappa shape index (κ1) is 17.0. The van der Waals surface area contributed by atoms with Crippen molar-refractivity contribution in [3.63, 3.8) is 0 Å². The summed E-state index contributed by atoms with van der Waals surface area (Å²) in [5.41, 5.74) is 1.51. The van der Waals surface area contributed by atoms with Crippen LogP contribution in [0.25, 0.3) is 0 Å². The van der Waals surface area contributed by atoms with Crippen molar-refractivity contribution in [3.05, 3.63) is 60.2 Å². The Morgan fingerprint density at radius 1 is 1.04 bits per heavy atom. The van der Waals surface area contributed by atoms with E-state index in [2.05, 4.69) is 6.07 Å². The van der Waals surface area contributed by atoms with Gasteiger partial charge in [-0.15, -0.1) is 0 Å². The minimum absolute atomic E-state index is 0.00268. The quantitative estimate of drug-likeness (QED) is 0.819. The molecular formula is C21H22N2O2. The molecule has 0 saturated heterocycles. The minimum atomic E-state index is -0.0255. The van der Waals surface area contributed by atoms with E-state index in [9.17, 15) is 4.79 Å². The van der Waals surface area contributed by atoms with Crippen LogP contribution < -0.4 is 9.64 Å². The molecule has 0 heterocycles. The molecule has 128 valence electrons. The first-order valence-corrected chi connectivity index (χ1v) is 8.78. The van der Waals surface area contributed by atoms with Gasteiger partial charge in [0.25, 0.3) is 5.91 Å². The summed E-state index contributed by atoms with van der Waals surface area (Å²) in [4.78, 5) is 14.8. The van der Waals surface area contributed by atoms with Gasteiger partial charge >= 0.3 is 0 Å². The monoisotopic (exact) mass is 334 g/mol. The van der Waals surface area contributed by atoms with E-state index in [-0.39, 0.29) is 18.6 Å². The molecular weight excluding hydrogens is 312 g/mol. The van der Waals surface area contributed by atoms with E-state index in [1.165, 1.54) is 6.42 Å². The molecule has 1 saturated carbocycles. The normalized spacial score (nSPS) is 14.5. The van der Waals surface area contributed by atoms with Gasteiger partial charge in [-0.05, 0) is 49.2 Å². The Balaban J connectivity index is 1.71. The van der Waals surface area contributed by atoms with Gasteiger partial charge < -0.3 is 9.64 Å². The van der Waals surface area contributed by atoms with Crippen LogP contribution in [0.1, 0.15) is 37.7 Å². The van der Waals surface area contributed by atoms with Gasteiger partial charge in [-0.2, -0.15) is 5.26 Å². The first-order valence-electron chi connectivity index (χ1n) is 8.78. The summed E-state index contributed by atoms with van der Waals surface area (Å²) in [5, 5.41) is 8.84. The van der Waals surface area contributed by atoms with E-state index in [0.717, 1.165) is 31.4 Å². The molecule has 1 amide bonds. The molecule has 0 spiro atoms. The lowest BCUT2D eigenvalue weighted by Gasteiger charge is -2.34. The molecule has 1 aliphatic carbocycles. The third-order valence-electron chi connectivity index (χ3n) is 4.59. The Kier molecular flexibility index (Phi) is 5.69. The standard InChI is InChI=1S/C21H22N2O2/c22-15-17-11-13-20(14-12-17)25-16-21(24)23(18-7-3-1-4-8-18)19-9-5-2-6-10-19/h1,3-4,7-8,11-14,19H,2,5-6,9-10,16H2. The molecule has 3 rings (SSSR count). The molecule has 0 N–H and O–H groups in total. The molecule has 2 aromatic carbocycles. The number of nitrogens with zero attached hydrogens (tertiary/aromatic N) is 2. The maximum absolute atomic E-state index is 12.9. The van der Waals surface area contributed by atoms with Gasteiger partial charge in [0.15, 0.2) is 6.61 Å². The fraction of sp³-hybridized carbons (Fsp3) is 0.333. The zero-order valence-corrected chi connectivity index (χ0v) is 14.2. The molecule has 0 aromatic heterocycles. The number of hydrogen-bond donors (Lipinski definition) is 0. The predicted octanol–water partition coefficient (Wildman–Crippen LogP) is 4.30. The van der Waals surface area contributed by atoms with Crippen LogP contribution in [-0.4, -0.2) is 18.6 Å². The van der Waals surface area contributed by atoms with E-state index < -0.39 is 0 Å². The summed E-state index contributed by atoms with van der Waals surface area (Å²) in [6.07, 6.45) is 5.65. The molecule has 0 radical (unpaired) electrons. The molecule has 4 nitrogen and oxygen atoms in total. The van der Waals surface area contributed by atoms with Crippen LogP contribution in [-0.2, 0) is 4.79 Å². The Labute approximate surface area is 148 Å². The molecule has 0 atom stereocenters. The maximum Gasteiger partial charge on any atom is 0.265 e. The van der Waals surface area contributed by atoms with Gasteiger partial charge in [-0.3, -0.25) is 4.79 Å². The highest BCUT2D eigenvalue weighted by Gasteiger charge is 2.27.